The number of sulfone groups is 1. The maximum atomic E-state index is 12.7. The summed E-state index contributed by atoms with van der Waals surface area (Å²) in [4.78, 5) is 14.7. The van der Waals surface area contributed by atoms with Crippen molar-refractivity contribution in [2.24, 2.45) is 0 Å². The van der Waals surface area contributed by atoms with Gasteiger partial charge in [-0.05, 0) is 49.1 Å². The lowest BCUT2D eigenvalue weighted by atomic mass is 10.1. The quantitative estimate of drug-likeness (QED) is 0.689. The van der Waals surface area contributed by atoms with Crippen LogP contribution in [0.3, 0.4) is 0 Å². The van der Waals surface area contributed by atoms with Crippen molar-refractivity contribution in [3.63, 3.8) is 0 Å². The van der Waals surface area contributed by atoms with Crippen LogP contribution in [0.4, 0.5) is 0 Å². The van der Waals surface area contributed by atoms with Gasteiger partial charge in [-0.3, -0.25) is 4.79 Å². The van der Waals surface area contributed by atoms with Crippen LogP contribution in [-0.4, -0.2) is 37.6 Å². The monoisotopic (exact) mass is 425 g/mol. The molecule has 2 aromatic rings. The lowest BCUT2D eigenvalue weighted by molar-refractivity contribution is -0.131. The van der Waals surface area contributed by atoms with Crippen molar-refractivity contribution in [2.75, 3.05) is 12.3 Å². The molecule has 1 atom stereocenters. The van der Waals surface area contributed by atoms with Crippen LogP contribution in [0.5, 0.6) is 0 Å². The maximum Gasteiger partial charge on any atom is 0.223 e. The van der Waals surface area contributed by atoms with Gasteiger partial charge in [-0.2, -0.15) is 0 Å². The minimum atomic E-state index is -3.42. The van der Waals surface area contributed by atoms with E-state index in [1.54, 1.807) is 47.4 Å². The first-order chi connectivity index (χ1) is 12.9. The fourth-order valence-corrected chi connectivity index (χ4v) is 5.54. The average Bonchev–Trinajstić information content (AvgIpc) is 3.09. The van der Waals surface area contributed by atoms with E-state index in [1.807, 2.05) is 6.07 Å². The van der Waals surface area contributed by atoms with Gasteiger partial charge in [0.1, 0.15) is 0 Å². The second-order valence-corrected chi connectivity index (χ2v) is 9.59. The summed E-state index contributed by atoms with van der Waals surface area (Å²) in [6.07, 6.45) is 2.33. The van der Waals surface area contributed by atoms with Gasteiger partial charge >= 0.3 is 0 Å². The Bertz CT molecular complexity index is 916. The van der Waals surface area contributed by atoms with Crippen LogP contribution in [0.1, 0.15) is 24.8 Å². The molecule has 0 radical (unpaired) electrons. The second kappa shape index (κ2) is 8.63. The number of likely N-dealkylation sites (tertiary alicyclic amines) is 1. The summed E-state index contributed by atoms with van der Waals surface area (Å²) in [5.74, 6) is -0.0726. The second-order valence-electron chi connectivity index (χ2n) is 6.71. The van der Waals surface area contributed by atoms with Crippen molar-refractivity contribution in [2.45, 2.75) is 36.6 Å². The minimum absolute atomic E-state index is 0.0354. The number of amides is 1. The molecule has 0 saturated carbocycles. The molecule has 0 N–H and O–H groups in total. The van der Waals surface area contributed by atoms with Crippen molar-refractivity contribution in [3.8, 4) is 0 Å². The Morgan fingerprint density at radius 3 is 2.56 bits per heavy atom. The van der Waals surface area contributed by atoms with Gasteiger partial charge in [-0.1, -0.05) is 47.5 Å². The molecule has 0 spiro atoms. The third-order valence-electron chi connectivity index (χ3n) is 4.83. The summed E-state index contributed by atoms with van der Waals surface area (Å²) in [5, 5.41) is 1.10. The predicted molar refractivity (Wildman–Crippen MR) is 108 cm³/mol. The molecule has 0 aliphatic carbocycles. The fourth-order valence-electron chi connectivity index (χ4n) is 3.42. The van der Waals surface area contributed by atoms with Crippen LogP contribution in [0, 0.1) is 0 Å². The third kappa shape index (κ3) is 5.03. The molecule has 27 heavy (non-hydrogen) atoms. The van der Waals surface area contributed by atoms with Crippen LogP contribution in [0.15, 0.2) is 53.4 Å². The third-order valence-corrected chi connectivity index (χ3v) is 7.24. The zero-order chi connectivity index (χ0) is 19.4. The number of aryl methyl sites for hydroxylation is 1. The highest BCUT2D eigenvalue weighted by Crippen LogP contribution is 2.25. The molecule has 1 unspecified atom stereocenters. The molecule has 1 aliphatic rings. The molecule has 3 rings (SSSR count). The van der Waals surface area contributed by atoms with E-state index in [9.17, 15) is 13.2 Å². The average molecular weight is 426 g/mol. The van der Waals surface area contributed by atoms with E-state index in [4.69, 9.17) is 23.2 Å². The first kappa shape index (κ1) is 20.2. The SMILES string of the molecule is O=C(CCc1ccc(Cl)cc1Cl)N1CCCC1CS(=O)(=O)c1ccccc1. The van der Waals surface area contributed by atoms with E-state index in [2.05, 4.69) is 0 Å². The number of hydrogen-bond donors (Lipinski definition) is 0. The summed E-state index contributed by atoms with van der Waals surface area (Å²) in [7, 11) is -3.42. The zero-order valence-electron chi connectivity index (χ0n) is 14.8. The summed E-state index contributed by atoms with van der Waals surface area (Å²) < 4.78 is 25.3. The molecule has 7 heteroatoms. The first-order valence-electron chi connectivity index (χ1n) is 8.88. The van der Waals surface area contributed by atoms with Crippen LogP contribution < -0.4 is 0 Å². The minimum Gasteiger partial charge on any atom is -0.339 e. The van der Waals surface area contributed by atoms with Crippen molar-refractivity contribution in [3.05, 3.63) is 64.1 Å². The highest BCUT2D eigenvalue weighted by Gasteiger charge is 2.32. The van der Waals surface area contributed by atoms with Crippen LogP contribution >= 0.6 is 23.2 Å². The highest BCUT2D eigenvalue weighted by atomic mass is 35.5. The first-order valence-corrected chi connectivity index (χ1v) is 11.3. The number of halogens is 2. The molecule has 2 aromatic carbocycles. The van der Waals surface area contributed by atoms with Gasteiger partial charge in [0.2, 0.25) is 5.91 Å². The van der Waals surface area contributed by atoms with Gasteiger partial charge in [-0.25, -0.2) is 8.42 Å². The van der Waals surface area contributed by atoms with Gasteiger partial charge in [0.15, 0.2) is 9.84 Å². The Morgan fingerprint density at radius 2 is 1.85 bits per heavy atom. The lowest BCUT2D eigenvalue weighted by Gasteiger charge is -2.25. The van der Waals surface area contributed by atoms with Crippen molar-refractivity contribution in [1.82, 2.24) is 4.90 Å². The molecular formula is C20H21Cl2NO3S. The van der Waals surface area contributed by atoms with Crippen molar-refractivity contribution < 1.29 is 13.2 Å². The van der Waals surface area contributed by atoms with Gasteiger partial charge < -0.3 is 4.90 Å². The molecule has 1 aliphatic heterocycles. The molecule has 4 nitrogen and oxygen atoms in total. The number of carbonyl (C=O) groups is 1. The summed E-state index contributed by atoms with van der Waals surface area (Å²) in [6, 6.07) is 13.3. The van der Waals surface area contributed by atoms with Crippen molar-refractivity contribution >= 4 is 38.9 Å². The van der Waals surface area contributed by atoms with Gasteiger partial charge in [0.25, 0.3) is 0 Å². The smallest absolute Gasteiger partial charge is 0.223 e. The Kier molecular flexibility index (Phi) is 6.45. The lowest BCUT2D eigenvalue weighted by Crippen LogP contribution is -2.39. The zero-order valence-corrected chi connectivity index (χ0v) is 17.1. The van der Waals surface area contributed by atoms with E-state index in [0.717, 1.165) is 12.0 Å². The number of benzene rings is 2. The summed E-state index contributed by atoms with van der Waals surface area (Å²) in [5.41, 5.74) is 0.863. The van der Waals surface area contributed by atoms with E-state index in [0.29, 0.717) is 40.7 Å². The molecule has 0 bridgehead atoms. The normalized spacial score (nSPS) is 17.3. The van der Waals surface area contributed by atoms with E-state index >= 15 is 0 Å². The number of hydrogen-bond acceptors (Lipinski definition) is 3. The largest absolute Gasteiger partial charge is 0.339 e. The highest BCUT2D eigenvalue weighted by molar-refractivity contribution is 7.91. The Labute approximate surface area is 170 Å². The van der Waals surface area contributed by atoms with Crippen LogP contribution in [0.25, 0.3) is 0 Å². The van der Waals surface area contributed by atoms with Gasteiger partial charge in [0.05, 0.1) is 10.6 Å². The van der Waals surface area contributed by atoms with Gasteiger partial charge in [0, 0.05) is 29.1 Å². The number of carbonyl (C=O) groups excluding carboxylic acids is 1. The number of nitrogens with zero attached hydrogens (tertiary/aromatic N) is 1. The molecule has 0 aromatic heterocycles. The predicted octanol–water partition coefficient (Wildman–Crippen LogP) is 4.39. The number of rotatable bonds is 6. The van der Waals surface area contributed by atoms with E-state index in [-0.39, 0.29) is 17.7 Å². The Morgan fingerprint density at radius 1 is 1.11 bits per heavy atom. The van der Waals surface area contributed by atoms with Crippen molar-refractivity contribution in [1.29, 1.82) is 0 Å². The van der Waals surface area contributed by atoms with Gasteiger partial charge in [-0.15, -0.1) is 0 Å². The Hall–Kier alpha value is -1.56. The van der Waals surface area contributed by atoms with Crippen LogP contribution in [-0.2, 0) is 21.1 Å². The molecule has 1 fully saturated rings. The molecule has 1 heterocycles. The summed E-state index contributed by atoms with van der Waals surface area (Å²) in [6.45, 7) is 0.599. The van der Waals surface area contributed by atoms with E-state index < -0.39 is 9.84 Å². The topological polar surface area (TPSA) is 54.5 Å². The fraction of sp³-hybridized carbons (Fsp3) is 0.350. The standard InChI is InChI=1S/C20H21Cl2NO3S/c21-16-10-8-15(19(22)13-16)9-11-20(24)23-12-4-5-17(23)14-27(25,26)18-6-2-1-3-7-18/h1-3,6-8,10,13,17H,4-5,9,11-12,14H2. The molecule has 144 valence electrons. The molecule has 1 amide bonds. The summed E-state index contributed by atoms with van der Waals surface area (Å²) >= 11 is 12.1. The Balaban J connectivity index is 1.64. The van der Waals surface area contributed by atoms with Crippen LogP contribution in [0.2, 0.25) is 10.0 Å². The molecule has 1 saturated heterocycles. The molecular weight excluding hydrogens is 405 g/mol. The van der Waals surface area contributed by atoms with E-state index in [1.165, 1.54) is 0 Å². The maximum absolute atomic E-state index is 12.7.